The normalized spacial score (nSPS) is 30.7. The molecule has 0 aliphatic carbocycles. The van der Waals surface area contributed by atoms with Gasteiger partial charge >= 0.3 is 0 Å². The Morgan fingerprint density at radius 1 is 1.36 bits per heavy atom. The molecule has 4 heteroatoms. The van der Waals surface area contributed by atoms with Crippen LogP contribution in [0.3, 0.4) is 0 Å². The van der Waals surface area contributed by atoms with Gasteiger partial charge < -0.3 is 4.74 Å². The number of imide groups is 1. The summed E-state index contributed by atoms with van der Waals surface area (Å²) < 4.78 is 5.01. The van der Waals surface area contributed by atoms with Gasteiger partial charge in [-0.05, 0) is 5.41 Å². The van der Waals surface area contributed by atoms with Gasteiger partial charge in [0.2, 0.25) is 11.8 Å². The van der Waals surface area contributed by atoms with Gasteiger partial charge in [0.25, 0.3) is 0 Å². The van der Waals surface area contributed by atoms with Crippen LogP contribution in [0.15, 0.2) is 0 Å². The maximum Gasteiger partial charge on any atom is 0.229 e. The summed E-state index contributed by atoms with van der Waals surface area (Å²) in [6.45, 7) is 5.04. The molecule has 78 valence electrons. The van der Waals surface area contributed by atoms with Crippen LogP contribution >= 0.6 is 0 Å². The van der Waals surface area contributed by atoms with Gasteiger partial charge in [0.1, 0.15) is 0 Å². The van der Waals surface area contributed by atoms with Gasteiger partial charge in [0.15, 0.2) is 0 Å². The summed E-state index contributed by atoms with van der Waals surface area (Å²) in [4.78, 5) is 24.6. The van der Waals surface area contributed by atoms with Gasteiger partial charge in [-0.1, -0.05) is 13.8 Å². The lowest BCUT2D eigenvalue weighted by atomic mass is 9.82. The Bertz CT molecular complexity index is 261. The first-order valence-electron chi connectivity index (χ1n) is 4.93. The third-order valence-corrected chi connectivity index (χ3v) is 2.65. The number of rotatable bonds is 2. The third kappa shape index (κ3) is 1.95. The summed E-state index contributed by atoms with van der Waals surface area (Å²) in [6, 6.07) is 0. The molecule has 2 amide bonds. The van der Waals surface area contributed by atoms with Gasteiger partial charge in [-0.15, -0.1) is 0 Å². The van der Waals surface area contributed by atoms with Crippen molar-refractivity contribution in [3.05, 3.63) is 0 Å². The van der Waals surface area contributed by atoms with Crippen molar-refractivity contribution in [2.24, 2.45) is 5.41 Å². The van der Waals surface area contributed by atoms with Gasteiger partial charge in [-0.2, -0.15) is 0 Å². The molecule has 0 aromatic carbocycles. The van der Waals surface area contributed by atoms with Crippen molar-refractivity contribution in [1.82, 2.24) is 4.90 Å². The number of carbonyl (C=O) groups is 2. The van der Waals surface area contributed by atoms with Crippen LogP contribution in [-0.2, 0) is 14.3 Å². The van der Waals surface area contributed by atoms with Crippen molar-refractivity contribution < 1.29 is 14.3 Å². The predicted octanol–water partition coefficient (Wildman–Crippen LogP) is 0.560. The molecule has 0 saturated carbocycles. The van der Waals surface area contributed by atoms with Crippen molar-refractivity contribution in [2.75, 3.05) is 13.2 Å². The summed E-state index contributed by atoms with van der Waals surface area (Å²) in [7, 11) is 0. The number of hydrogen-bond donors (Lipinski definition) is 0. The van der Waals surface area contributed by atoms with Gasteiger partial charge in [-0.3, -0.25) is 14.5 Å². The minimum absolute atomic E-state index is 0.0539. The largest absolute Gasteiger partial charge is 0.371 e. The SMILES string of the molecule is CC1(C)CC(=O)N(C[C@H]2CO2)C(=O)C1. The molecule has 2 aliphatic heterocycles. The molecule has 0 bridgehead atoms. The molecule has 0 N–H and O–H groups in total. The second-order valence-electron chi connectivity index (χ2n) is 4.87. The van der Waals surface area contributed by atoms with E-state index in [1.165, 1.54) is 4.90 Å². The van der Waals surface area contributed by atoms with E-state index in [1.54, 1.807) is 0 Å². The minimum Gasteiger partial charge on any atom is -0.371 e. The second kappa shape index (κ2) is 3.05. The molecule has 0 unspecified atom stereocenters. The maximum absolute atomic E-state index is 11.6. The summed E-state index contributed by atoms with van der Waals surface area (Å²) in [5.74, 6) is -0.108. The zero-order chi connectivity index (χ0) is 10.3. The van der Waals surface area contributed by atoms with Gasteiger partial charge in [-0.25, -0.2) is 0 Å². The highest BCUT2D eigenvalue weighted by molar-refractivity contribution is 5.98. The second-order valence-corrected chi connectivity index (χ2v) is 4.87. The Kier molecular flexibility index (Phi) is 2.10. The molecule has 2 aliphatic rings. The Balaban J connectivity index is 2.03. The lowest BCUT2D eigenvalue weighted by Crippen LogP contribution is -2.47. The van der Waals surface area contributed by atoms with E-state index in [1.807, 2.05) is 13.8 Å². The fourth-order valence-corrected chi connectivity index (χ4v) is 1.79. The Hall–Kier alpha value is -0.900. The molecule has 4 nitrogen and oxygen atoms in total. The van der Waals surface area contributed by atoms with Crippen LogP contribution in [0.1, 0.15) is 26.7 Å². The number of carbonyl (C=O) groups excluding carboxylic acids is 2. The highest BCUT2D eigenvalue weighted by Gasteiger charge is 2.40. The van der Waals surface area contributed by atoms with E-state index in [4.69, 9.17) is 4.74 Å². The van der Waals surface area contributed by atoms with Crippen LogP contribution in [0.5, 0.6) is 0 Å². The minimum atomic E-state index is -0.172. The summed E-state index contributed by atoms with van der Waals surface area (Å²) in [6.07, 6.45) is 1.03. The lowest BCUT2D eigenvalue weighted by Gasteiger charge is -2.34. The third-order valence-electron chi connectivity index (χ3n) is 2.65. The maximum atomic E-state index is 11.6. The molecule has 2 saturated heterocycles. The number of amides is 2. The number of epoxide rings is 1. The van der Waals surface area contributed by atoms with E-state index in [9.17, 15) is 9.59 Å². The monoisotopic (exact) mass is 197 g/mol. The Morgan fingerprint density at radius 3 is 2.29 bits per heavy atom. The summed E-state index contributed by atoms with van der Waals surface area (Å²) in [5.41, 5.74) is -0.172. The first kappa shape index (κ1) is 9.65. The smallest absolute Gasteiger partial charge is 0.229 e. The Morgan fingerprint density at radius 2 is 1.86 bits per heavy atom. The van der Waals surface area contributed by atoms with Gasteiger partial charge in [0.05, 0.1) is 19.3 Å². The Labute approximate surface area is 83.2 Å². The molecule has 2 rings (SSSR count). The van der Waals surface area contributed by atoms with Crippen LogP contribution in [0, 0.1) is 5.41 Å². The van der Waals surface area contributed by atoms with Crippen LogP contribution in [0.2, 0.25) is 0 Å². The zero-order valence-electron chi connectivity index (χ0n) is 8.58. The van der Waals surface area contributed by atoms with E-state index in [0.29, 0.717) is 26.0 Å². The number of nitrogens with zero attached hydrogens (tertiary/aromatic N) is 1. The average Bonchev–Trinajstić information content (AvgIpc) is 2.77. The predicted molar refractivity (Wildman–Crippen MR) is 49.5 cm³/mol. The van der Waals surface area contributed by atoms with Crippen molar-refractivity contribution in [2.45, 2.75) is 32.8 Å². The molecule has 14 heavy (non-hydrogen) atoms. The van der Waals surface area contributed by atoms with Crippen LogP contribution < -0.4 is 0 Å². The van der Waals surface area contributed by atoms with Crippen LogP contribution in [-0.4, -0.2) is 36.0 Å². The molecule has 1 atom stereocenters. The highest BCUT2D eigenvalue weighted by atomic mass is 16.6. The van der Waals surface area contributed by atoms with E-state index < -0.39 is 0 Å². The van der Waals surface area contributed by atoms with Crippen molar-refractivity contribution in [1.29, 1.82) is 0 Å². The standard InChI is InChI=1S/C10H15NO3/c1-10(2)3-8(12)11(9(13)4-10)5-7-6-14-7/h7H,3-6H2,1-2H3/t7-/m0/s1. The van der Waals surface area contributed by atoms with Crippen molar-refractivity contribution >= 4 is 11.8 Å². The molecule has 0 aromatic rings. The lowest BCUT2D eigenvalue weighted by molar-refractivity contribution is -0.152. The molecule has 0 aromatic heterocycles. The van der Waals surface area contributed by atoms with E-state index in [-0.39, 0.29) is 23.3 Å². The molecule has 0 spiro atoms. The van der Waals surface area contributed by atoms with Crippen LogP contribution in [0.4, 0.5) is 0 Å². The molecular weight excluding hydrogens is 182 g/mol. The summed E-state index contributed by atoms with van der Waals surface area (Å²) >= 11 is 0. The van der Waals surface area contributed by atoms with E-state index >= 15 is 0 Å². The van der Waals surface area contributed by atoms with Crippen molar-refractivity contribution in [3.8, 4) is 0 Å². The summed E-state index contributed by atoms with van der Waals surface area (Å²) in [5, 5.41) is 0. The number of likely N-dealkylation sites (tertiary alicyclic amines) is 1. The van der Waals surface area contributed by atoms with E-state index in [0.717, 1.165) is 0 Å². The fraction of sp³-hybridized carbons (Fsp3) is 0.800. The first-order valence-corrected chi connectivity index (χ1v) is 4.93. The quantitative estimate of drug-likeness (QED) is 0.480. The molecule has 2 heterocycles. The number of ether oxygens (including phenoxy) is 1. The highest BCUT2D eigenvalue weighted by Crippen LogP contribution is 2.32. The molecule has 0 radical (unpaired) electrons. The average molecular weight is 197 g/mol. The van der Waals surface area contributed by atoms with Gasteiger partial charge in [0, 0.05) is 12.8 Å². The van der Waals surface area contributed by atoms with Crippen LogP contribution in [0.25, 0.3) is 0 Å². The molecular formula is C10H15NO3. The van der Waals surface area contributed by atoms with Crippen molar-refractivity contribution in [3.63, 3.8) is 0 Å². The first-order chi connectivity index (χ1) is 6.48. The number of hydrogen-bond acceptors (Lipinski definition) is 3. The van der Waals surface area contributed by atoms with E-state index in [2.05, 4.69) is 0 Å². The topological polar surface area (TPSA) is 49.9 Å². The molecule has 2 fully saturated rings. The number of piperidine rings is 1. The zero-order valence-corrected chi connectivity index (χ0v) is 8.58. The fourth-order valence-electron chi connectivity index (χ4n) is 1.79.